The molecule has 4 bridgehead atoms. The fourth-order valence-electron chi connectivity index (χ4n) is 8.25. The van der Waals surface area contributed by atoms with Crippen LogP contribution in [0.2, 0.25) is 0 Å². The van der Waals surface area contributed by atoms with Gasteiger partial charge in [0.15, 0.2) is 0 Å². The Balaban J connectivity index is 1.50. The van der Waals surface area contributed by atoms with E-state index in [1.807, 2.05) is 18.2 Å². The van der Waals surface area contributed by atoms with Crippen molar-refractivity contribution < 1.29 is 23.1 Å². The molecule has 2 fully saturated rings. The number of hydrogen-bond acceptors (Lipinski definition) is 6. The highest BCUT2D eigenvalue weighted by molar-refractivity contribution is 7.87. The maximum atomic E-state index is 13.4. The van der Waals surface area contributed by atoms with Crippen molar-refractivity contribution in [3.8, 4) is 17.0 Å². The van der Waals surface area contributed by atoms with Gasteiger partial charge in [0.25, 0.3) is 5.91 Å². The van der Waals surface area contributed by atoms with Gasteiger partial charge in [0, 0.05) is 47.6 Å². The number of carbonyl (C=O) groups excluding carboxylic acids is 1. The predicted molar refractivity (Wildman–Crippen MR) is 166 cm³/mol. The van der Waals surface area contributed by atoms with Gasteiger partial charge in [0.2, 0.25) is 0 Å². The summed E-state index contributed by atoms with van der Waals surface area (Å²) in [6, 6.07) is 12.0. The summed E-state index contributed by atoms with van der Waals surface area (Å²) in [6.45, 7) is 1.45. The van der Waals surface area contributed by atoms with E-state index in [9.17, 15) is 18.3 Å². The number of aliphatic hydroxyl groups excluding tert-OH is 1. The van der Waals surface area contributed by atoms with Crippen LogP contribution in [-0.4, -0.2) is 61.8 Å². The van der Waals surface area contributed by atoms with E-state index in [1.165, 1.54) is 53.0 Å². The van der Waals surface area contributed by atoms with E-state index in [-0.39, 0.29) is 12.5 Å². The molecule has 0 saturated heterocycles. The highest BCUT2D eigenvalue weighted by Gasteiger charge is 2.55. The third-order valence-electron chi connectivity index (χ3n) is 10.7. The van der Waals surface area contributed by atoms with Gasteiger partial charge in [-0.1, -0.05) is 25.3 Å². The number of ether oxygens (including phenoxy) is 1. The van der Waals surface area contributed by atoms with Crippen molar-refractivity contribution in [1.29, 1.82) is 0 Å². The van der Waals surface area contributed by atoms with E-state index in [0.29, 0.717) is 37.4 Å². The highest BCUT2D eigenvalue weighted by atomic mass is 32.2. The molecule has 3 heterocycles. The van der Waals surface area contributed by atoms with Gasteiger partial charge >= 0.3 is 10.2 Å². The SMILES string of the molecule is COc1ccc2c(c1)[C@H]1CC[C@@]13Cn1c-2c(C2CCCCC2)c2ccc(cc21)C(=O)NS(=O)(=O)N(C)CCCCNC3O. The third kappa shape index (κ3) is 4.69. The number of fused-ring (bicyclic) bond motifs is 4. The Hall–Kier alpha value is -2.92. The van der Waals surface area contributed by atoms with Gasteiger partial charge in [0.1, 0.15) is 12.0 Å². The van der Waals surface area contributed by atoms with E-state index >= 15 is 0 Å². The van der Waals surface area contributed by atoms with E-state index in [4.69, 9.17) is 4.74 Å². The molecule has 10 heteroatoms. The lowest BCUT2D eigenvalue weighted by Gasteiger charge is -2.52. The molecule has 7 rings (SSSR count). The van der Waals surface area contributed by atoms with Crippen LogP contribution in [0.4, 0.5) is 0 Å². The normalized spacial score (nSPS) is 28.1. The Morgan fingerprint density at radius 2 is 1.84 bits per heavy atom. The van der Waals surface area contributed by atoms with Crippen LogP contribution in [0.25, 0.3) is 22.2 Å². The van der Waals surface area contributed by atoms with Crippen molar-refractivity contribution in [3.05, 3.63) is 53.1 Å². The topological polar surface area (TPSA) is 113 Å². The lowest BCUT2D eigenvalue weighted by molar-refractivity contribution is -0.0835. The average molecular weight is 607 g/mol. The molecular weight excluding hydrogens is 564 g/mol. The summed E-state index contributed by atoms with van der Waals surface area (Å²) >= 11 is 0. The Morgan fingerprint density at radius 1 is 1.02 bits per heavy atom. The van der Waals surface area contributed by atoms with Crippen LogP contribution in [-0.2, 0) is 16.8 Å². The molecule has 3 N–H and O–H groups in total. The molecule has 230 valence electrons. The summed E-state index contributed by atoms with van der Waals surface area (Å²) < 4.78 is 37.5. The van der Waals surface area contributed by atoms with Crippen molar-refractivity contribution in [2.24, 2.45) is 5.41 Å². The van der Waals surface area contributed by atoms with Crippen molar-refractivity contribution in [1.82, 2.24) is 18.9 Å². The summed E-state index contributed by atoms with van der Waals surface area (Å²) in [5.74, 6) is 0.719. The molecule has 3 atom stereocenters. The third-order valence-corrected chi connectivity index (χ3v) is 12.2. The first kappa shape index (κ1) is 28.8. The molecular formula is C33H42N4O5S. The zero-order chi connectivity index (χ0) is 29.9. The summed E-state index contributed by atoms with van der Waals surface area (Å²) in [7, 11) is -0.809. The van der Waals surface area contributed by atoms with E-state index in [2.05, 4.69) is 26.7 Å². The van der Waals surface area contributed by atoms with Crippen LogP contribution in [0.15, 0.2) is 36.4 Å². The summed E-state index contributed by atoms with van der Waals surface area (Å²) in [6.07, 6.45) is 8.26. The number of rotatable bonds is 2. The highest BCUT2D eigenvalue weighted by Crippen LogP contribution is 2.61. The molecule has 2 saturated carbocycles. The number of nitrogens with zero attached hydrogens (tertiary/aromatic N) is 2. The lowest BCUT2D eigenvalue weighted by atomic mass is 9.56. The van der Waals surface area contributed by atoms with Crippen molar-refractivity contribution >= 4 is 27.0 Å². The summed E-state index contributed by atoms with van der Waals surface area (Å²) in [5, 5.41) is 16.4. The van der Waals surface area contributed by atoms with Crippen LogP contribution in [0.3, 0.4) is 0 Å². The fraction of sp³-hybridized carbons (Fsp3) is 0.545. The summed E-state index contributed by atoms with van der Waals surface area (Å²) in [5.41, 5.74) is 5.67. The molecule has 1 aromatic heterocycles. The summed E-state index contributed by atoms with van der Waals surface area (Å²) in [4.78, 5) is 13.4. The van der Waals surface area contributed by atoms with Crippen LogP contribution < -0.4 is 14.8 Å². The maximum absolute atomic E-state index is 13.4. The van der Waals surface area contributed by atoms with E-state index in [1.54, 1.807) is 13.2 Å². The van der Waals surface area contributed by atoms with Crippen molar-refractivity contribution in [2.45, 2.75) is 82.4 Å². The Morgan fingerprint density at radius 3 is 2.58 bits per heavy atom. The Kier molecular flexibility index (Phi) is 7.31. The molecule has 2 aliphatic heterocycles. The van der Waals surface area contributed by atoms with Gasteiger partial charge in [-0.3, -0.25) is 10.1 Å². The van der Waals surface area contributed by atoms with Crippen LogP contribution in [0, 0.1) is 5.41 Å². The molecule has 1 amide bonds. The minimum atomic E-state index is -3.99. The quantitative estimate of drug-likeness (QED) is 0.385. The smallest absolute Gasteiger partial charge is 0.303 e. The van der Waals surface area contributed by atoms with Gasteiger partial charge in [-0.25, -0.2) is 4.72 Å². The van der Waals surface area contributed by atoms with Crippen molar-refractivity contribution in [3.63, 3.8) is 0 Å². The second-order valence-electron chi connectivity index (χ2n) is 13.0. The van der Waals surface area contributed by atoms with Gasteiger partial charge in [-0.05, 0) is 98.4 Å². The second-order valence-corrected chi connectivity index (χ2v) is 14.8. The number of carbonyl (C=O) groups is 1. The number of hydrogen-bond donors (Lipinski definition) is 3. The molecule has 9 nitrogen and oxygen atoms in total. The Bertz CT molecular complexity index is 1680. The zero-order valence-electron chi connectivity index (χ0n) is 25.1. The molecule has 1 spiro atoms. The number of amides is 1. The second kappa shape index (κ2) is 10.9. The largest absolute Gasteiger partial charge is 0.497 e. The number of benzene rings is 2. The molecule has 0 radical (unpaired) electrons. The number of nitrogens with one attached hydrogen (secondary N) is 2. The zero-order valence-corrected chi connectivity index (χ0v) is 25.9. The minimum absolute atomic E-state index is 0.149. The first-order valence-electron chi connectivity index (χ1n) is 15.8. The molecule has 43 heavy (non-hydrogen) atoms. The van der Waals surface area contributed by atoms with Gasteiger partial charge in [-0.2, -0.15) is 12.7 Å². The van der Waals surface area contributed by atoms with Gasteiger partial charge < -0.3 is 14.4 Å². The molecule has 1 unspecified atom stereocenters. The number of aliphatic hydroxyl groups is 1. The lowest BCUT2D eigenvalue weighted by Crippen LogP contribution is -2.56. The minimum Gasteiger partial charge on any atom is -0.497 e. The molecule has 3 aromatic rings. The standard InChI is InChI=1S/C33H42N4O5S/c1-36-17-7-6-16-34-32(39)33-15-14-27(33)26-19-23(42-2)11-13-24(26)30-29(21-8-4-3-5-9-21)25-12-10-22(18-28(25)37(30)20-33)31(38)35-43(36,40)41/h10-13,18-19,21,27,32,34,39H,3-9,14-17,20H2,1-2H3,(H,35,38)/t27-,32?,33-/m1/s1. The van der Waals surface area contributed by atoms with Gasteiger partial charge in [-0.15, -0.1) is 0 Å². The molecule has 2 aromatic carbocycles. The monoisotopic (exact) mass is 606 g/mol. The average Bonchev–Trinajstić information content (AvgIpc) is 3.27. The number of methoxy groups -OCH3 is 1. The predicted octanol–water partition coefficient (Wildman–Crippen LogP) is 4.85. The van der Waals surface area contributed by atoms with Crippen LogP contribution in [0.1, 0.15) is 91.1 Å². The molecule has 2 aliphatic carbocycles. The van der Waals surface area contributed by atoms with Crippen LogP contribution in [0.5, 0.6) is 5.75 Å². The van der Waals surface area contributed by atoms with Crippen LogP contribution >= 0.6 is 0 Å². The fourth-order valence-corrected chi connectivity index (χ4v) is 9.12. The van der Waals surface area contributed by atoms with Gasteiger partial charge in [0.05, 0.1) is 12.8 Å². The maximum Gasteiger partial charge on any atom is 0.303 e. The van der Waals surface area contributed by atoms with Crippen molar-refractivity contribution in [2.75, 3.05) is 27.2 Å². The number of aromatic nitrogens is 1. The Labute approximate surface area is 253 Å². The first-order chi connectivity index (χ1) is 20.7. The first-order valence-corrected chi connectivity index (χ1v) is 17.2. The van der Waals surface area contributed by atoms with E-state index < -0.39 is 27.8 Å². The van der Waals surface area contributed by atoms with E-state index in [0.717, 1.165) is 42.3 Å². The molecule has 4 aliphatic rings.